The van der Waals surface area contributed by atoms with Crippen molar-refractivity contribution in [3.63, 3.8) is 0 Å². The van der Waals surface area contributed by atoms with Gasteiger partial charge in [-0.25, -0.2) is 21.6 Å². The van der Waals surface area contributed by atoms with Crippen molar-refractivity contribution in [1.29, 1.82) is 0 Å². The van der Waals surface area contributed by atoms with E-state index >= 15 is 0 Å². The van der Waals surface area contributed by atoms with E-state index < -0.39 is 25.1 Å². The van der Waals surface area contributed by atoms with Crippen LogP contribution in [-0.2, 0) is 19.9 Å². The Morgan fingerprint density at radius 3 is 2.53 bits per heavy atom. The SMILES string of the molecule is CC(N)CNS(=O)(=O)C1CCS(=O)(=O)C1. The normalized spacial score (nSPS) is 27.7. The van der Waals surface area contributed by atoms with Crippen LogP contribution in [0.1, 0.15) is 13.3 Å². The van der Waals surface area contributed by atoms with Crippen LogP contribution >= 0.6 is 0 Å². The highest BCUT2D eigenvalue weighted by atomic mass is 32.2. The Bertz CT molecular complexity index is 412. The lowest BCUT2D eigenvalue weighted by Gasteiger charge is -2.12. The van der Waals surface area contributed by atoms with Crippen molar-refractivity contribution in [3.05, 3.63) is 0 Å². The van der Waals surface area contributed by atoms with Gasteiger partial charge in [-0.05, 0) is 13.3 Å². The molecule has 1 aliphatic rings. The van der Waals surface area contributed by atoms with Crippen LogP contribution in [0, 0.1) is 0 Å². The summed E-state index contributed by atoms with van der Waals surface area (Å²) < 4.78 is 47.7. The summed E-state index contributed by atoms with van der Waals surface area (Å²) in [6, 6.07) is -0.280. The second-order valence-corrected chi connectivity index (χ2v) is 8.17. The first-order valence-electron chi connectivity index (χ1n) is 4.67. The van der Waals surface area contributed by atoms with Gasteiger partial charge in [0.25, 0.3) is 0 Å². The van der Waals surface area contributed by atoms with E-state index in [-0.39, 0.29) is 30.5 Å². The zero-order chi connectivity index (χ0) is 11.7. The van der Waals surface area contributed by atoms with Gasteiger partial charge in [-0.2, -0.15) is 0 Å². The lowest BCUT2D eigenvalue weighted by atomic mass is 10.4. The molecule has 2 atom stereocenters. The molecule has 0 spiro atoms. The van der Waals surface area contributed by atoms with Gasteiger partial charge in [0.05, 0.1) is 16.8 Å². The molecule has 0 aromatic carbocycles. The molecule has 0 bridgehead atoms. The fraction of sp³-hybridized carbons (Fsp3) is 1.00. The van der Waals surface area contributed by atoms with Gasteiger partial charge in [0.1, 0.15) is 0 Å². The first-order valence-corrected chi connectivity index (χ1v) is 8.04. The van der Waals surface area contributed by atoms with E-state index in [4.69, 9.17) is 5.73 Å². The van der Waals surface area contributed by atoms with Crippen LogP contribution in [0.2, 0.25) is 0 Å². The summed E-state index contributed by atoms with van der Waals surface area (Å²) in [5.74, 6) is -0.321. The minimum atomic E-state index is -3.54. The van der Waals surface area contributed by atoms with Crippen LogP contribution in [0.5, 0.6) is 0 Å². The number of sulfonamides is 1. The molecule has 3 N–H and O–H groups in total. The predicted molar refractivity (Wildman–Crippen MR) is 57.6 cm³/mol. The molecule has 1 heterocycles. The van der Waals surface area contributed by atoms with Crippen molar-refractivity contribution >= 4 is 19.9 Å². The molecule has 6 nitrogen and oxygen atoms in total. The average molecular weight is 256 g/mol. The Kier molecular flexibility index (Phi) is 3.75. The molecule has 0 saturated carbocycles. The quantitative estimate of drug-likeness (QED) is 0.632. The van der Waals surface area contributed by atoms with E-state index in [9.17, 15) is 16.8 Å². The second-order valence-electron chi connectivity index (χ2n) is 3.90. The maximum Gasteiger partial charge on any atom is 0.215 e. The number of nitrogens with two attached hydrogens (primary N) is 1. The lowest BCUT2D eigenvalue weighted by molar-refractivity contribution is 0.561. The number of sulfone groups is 1. The topological polar surface area (TPSA) is 106 Å². The molecule has 15 heavy (non-hydrogen) atoms. The third-order valence-electron chi connectivity index (χ3n) is 2.24. The first-order chi connectivity index (χ1) is 6.73. The van der Waals surface area contributed by atoms with Crippen LogP contribution in [0.15, 0.2) is 0 Å². The van der Waals surface area contributed by atoms with Gasteiger partial charge in [0.2, 0.25) is 10.0 Å². The van der Waals surface area contributed by atoms with Crippen LogP contribution in [0.25, 0.3) is 0 Å². The van der Waals surface area contributed by atoms with E-state index in [2.05, 4.69) is 4.72 Å². The molecular weight excluding hydrogens is 240 g/mol. The third-order valence-corrected chi connectivity index (χ3v) is 6.06. The van der Waals surface area contributed by atoms with Gasteiger partial charge >= 0.3 is 0 Å². The molecule has 1 aliphatic heterocycles. The van der Waals surface area contributed by atoms with Crippen molar-refractivity contribution < 1.29 is 16.8 Å². The molecule has 0 aromatic heterocycles. The summed E-state index contributed by atoms with van der Waals surface area (Å²) >= 11 is 0. The zero-order valence-corrected chi connectivity index (χ0v) is 10.1. The molecule has 90 valence electrons. The number of hydrogen-bond acceptors (Lipinski definition) is 5. The van der Waals surface area contributed by atoms with E-state index in [1.54, 1.807) is 6.92 Å². The summed E-state index contributed by atoms with van der Waals surface area (Å²) in [4.78, 5) is 0. The Labute approximate surface area is 90.2 Å². The zero-order valence-electron chi connectivity index (χ0n) is 8.51. The summed E-state index contributed by atoms with van der Waals surface area (Å²) in [5.41, 5.74) is 5.41. The minimum absolute atomic E-state index is 0.0449. The van der Waals surface area contributed by atoms with Crippen LogP contribution in [0.3, 0.4) is 0 Å². The van der Waals surface area contributed by atoms with Gasteiger partial charge in [0.15, 0.2) is 9.84 Å². The molecule has 0 amide bonds. The highest BCUT2D eigenvalue weighted by Gasteiger charge is 2.36. The largest absolute Gasteiger partial charge is 0.327 e. The van der Waals surface area contributed by atoms with Crippen LogP contribution in [0.4, 0.5) is 0 Å². The third kappa shape index (κ3) is 3.71. The van der Waals surface area contributed by atoms with Crippen molar-refractivity contribution in [2.45, 2.75) is 24.6 Å². The van der Waals surface area contributed by atoms with Gasteiger partial charge < -0.3 is 5.73 Å². The molecule has 8 heteroatoms. The van der Waals surface area contributed by atoms with E-state index in [1.165, 1.54) is 0 Å². The number of nitrogens with one attached hydrogen (secondary N) is 1. The van der Waals surface area contributed by atoms with Crippen molar-refractivity contribution in [3.8, 4) is 0 Å². The van der Waals surface area contributed by atoms with E-state index in [1.807, 2.05) is 0 Å². The summed E-state index contributed by atoms with van der Waals surface area (Å²) in [6.07, 6.45) is 0.177. The molecule has 0 radical (unpaired) electrons. The number of hydrogen-bond donors (Lipinski definition) is 2. The second kappa shape index (κ2) is 4.36. The Morgan fingerprint density at radius 1 is 1.53 bits per heavy atom. The molecule has 1 saturated heterocycles. The monoisotopic (exact) mass is 256 g/mol. The first kappa shape index (κ1) is 12.9. The molecule has 1 fully saturated rings. The summed E-state index contributed by atoms with van der Waals surface area (Å²) in [5, 5.41) is -0.818. The van der Waals surface area contributed by atoms with Crippen LogP contribution in [-0.4, -0.2) is 46.2 Å². The smallest absolute Gasteiger partial charge is 0.215 e. The highest BCUT2D eigenvalue weighted by molar-refractivity contribution is 7.95. The molecule has 1 rings (SSSR count). The minimum Gasteiger partial charge on any atom is -0.327 e. The fourth-order valence-corrected chi connectivity index (χ4v) is 5.56. The maximum atomic E-state index is 11.6. The predicted octanol–water partition coefficient (Wildman–Crippen LogP) is -1.56. The van der Waals surface area contributed by atoms with Crippen LogP contribution < -0.4 is 10.5 Å². The summed E-state index contributed by atoms with van der Waals surface area (Å²) in [7, 11) is -6.70. The molecular formula is C7H16N2O4S2. The van der Waals surface area contributed by atoms with Crippen molar-refractivity contribution in [2.75, 3.05) is 18.1 Å². The van der Waals surface area contributed by atoms with Crippen molar-refractivity contribution in [1.82, 2.24) is 4.72 Å². The standard InChI is InChI=1S/C7H16N2O4S2/c1-6(8)4-9-15(12,13)7-2-3-14(10,11)5-7/h6-7,9H,2-5,8H2,1H3. The Balaban J connectivity index is 2.64. The molecule has 2 unspecified atom stereocenters. The summed E-state index contributed by atoms with van der Waals surface area (Å²) in [6.45, 7) is 1.81. The molecule has 0 aromatic rings. The number of rotatable bonds is 4. The Morgan fingerprint density at radius 2 is 2.13 bits per heavy atom. The van der Waals surface area contributed by atoms with Gasteiger partial charge in [-0.15, -0.1) is 0 Å². The van der Waals surface area contributed by atoms with Crippen molar-refractivity contribution in [2.24, 2.45) is 5.73 Å². The lowest BCUT2D eigenvalue weighted by Crippen LogP contribution is -2.40. The van der Waals surface area contributed by atoms with E-state index in [0.29, 0.717) is 0 Å². The highest BCUT2D eigenvalue weighted by Crippen LogP contribution is 2.17. The van der Waals surface area contributed by atoms with Gasteiger partial charge in [-0.3, -0.25) is 0 Å². The molecule has 0 aliphatic carbocycles. The fourth-order valence-electron chi connectivity index (χ4n) is 1.37. The maximum absolute atomic E-state index is 11.6. The van der Waals surface area contributed by atoms with E-state index in [0.717, 1.165) is 0 Å². The average Bonchev–Trinajstić information content (AvgIpc) is 2.43. The Hall–Kier alpha value is -0.180. The van der Waals surface area contributed by atoms with Gasteiger partial charge in [0, 0.05) is 12.6 Å². The van der Waals surface area contributed by atoms with Gasteiger partial charge in [-0.1, -0.05) is 0 Å².